The highest BCUT2D eigenvalue weighted by molar-refractivity contribution is 6.13. The minimum Gasteiger partial charge on any atom is -0.296 e. The Morgan fingerprint density at radius 2 is 1.83 bits per heavy atom. The second kappa shape index (κ2) is 5.80. The molecule has 0 amide bonds. The van der Waals surface area contributed by atoms with E-state index in [1.807, 2.05) is 0 Å². The molecule has 0 spiro atoms. The molecule has 2 atom stereocenters. The Balaban J connectivity index is 2.93. The van der Waals surface area contributed by atoms with Gasteiger partial charge in [-0.2, -0.15) is 0 Å². The molecule has 0 fully saturated rings. The number of Topliss-reactive ketones (excluding diaryl/α,β-unsaturated/α-hetero) is 2. The smallest absolute Gasteiger partial charge is 0.221 e. The van der Waals surface area contributed by atoms with Crippen LogP contribution in [-0.4, -0.2) is 17.7 Å². The van der Waals surface area contributed by atoms with Crippen molar-refractivity contribution in [3.8, 4) is 0 Å². The third kappa shape index (κ3) is 2.97. The molecule has 0 N–H and O–H groups in total. The van der Waals surface area contributed by atoms with Crippen LogP contribution in [0.15, 0.2) is 18.2 Å². The van der Waals surface area contributed by atoms with Crippen LogP contribution in [0, 0.1) is 17.6 Å². The number of hydrogen-bond acceptors (Lipinski definition) is 2. The average molecular weight is 258 g/mol. The van der Waals surface area contributed by atoms with E-state index in [1.165, 1.54) is 6.92 Å². The number of hydrogen-bond donors (Lipinski definition) is 0. The number of alkyl halides is 1. The lowest BCUT2D eigenvalue weighted by Gasteiger charge is -2.11. The SMILES string of the molecule is CCC(C)C(=O)C(F)C(=O)c1ccc(F)c(F)c1. The zero-order valence-corrected chi connectivity index (χ0v) is 10.0. The third-order valence-electron chi connectivity index (χ3n) is 2.78. The predicted octanol–water partition coefficient (Wildman–Crippen LogP) is 3.10. The summed E-state index contributed by atoms with van der Waals surface area (Å²) in [6.45, 7) is 3.20. The van der Waals surface area contributed by atoms with Crippen molar-refractivity contribution >= 4 is 11.6 Å². The molecule has 0 aromatic heterocycles. The molecule has 2 nitrogen and oxygen atoms in total. The van der Waals surface area contributed by atoms with Crippen LogP contribution in [-0.2, 0) is 4.79 Å². The number of benzene rings is 1. The highest BCUT2D eigenvalue weighted by Crippen LogP contribution is 2.15. The normalized spacial score (nSPS) is 14.1. The average Bonchev–Trinajstić information content (AvgIpc) is 2.38. The van der Waals surface area contributed by atoms with Crippen molar-refractivity contribution in [2.24, 2.45) is 5.92 Å². The van der Waals surface area contributed by atoms with E-state index < -0.39 is 35.3 Å². The fourth-order valence-electron chi connectivity index (χ4n) is 1.38. The molecule has 0 radical (unpaired) electrons. The molecule has 1 aromatic rings. The minimum absolute atomic E-state index is 0.349. The Kier molecular flexibility index (Phi) is 4.64. The van der Waals surface area contributed by atoms with Crippen LogP contribution in [0.25, 0.3) is 0 Å². The summed E-state index contributed by atoms with van der Waals surface area (Å²) in [6.07, 6.45) is -1.92. The summed E-state index contributed by atoms with van der Waals surface area (Å²) < 4.78 is 39.2. The summed E-state index contributed by atoms with van der Waals surface area (Å²) in [5.41, 5.74) is -0.349. The molecule has 18 heavy (non-hydrogen) atoms. The van der Waals surface area contributed by atoms with Crippen molar-refractivity contribution < 1.29 is 22.8 Å². The molecule has 0 aliphatic carbocycles. The third-order valence-corrected chi connectivity index (χ3v) is 2.78. The van der Waals surface area contributed by atoms with Gasteiger partial charge in [0, 0.05) is 11.5 Å². The summed E-state index contributed by atoms with van der Waals surface area (Å²) in [5.74, 6) is -4.94. The molecule has 2 unspecified atom stereocenters. The standard InChI is InChI=1S/C13H13F3O2/c1-3-7(2)12(17)11(16)13(18)8-4-5-9(14)10(15)6-8/h4-7,11H,3H2,1-2H3. The lowest BCUT2D eigenvalue weighted by molar-refractivity contribution is -0.125. The van der Waals surface area contributed by atoms with Crippen LogP contribution >= 0.6 is 0 Å². The summed E-state index contributed by atoms with van der Waals surface area (Å²) in [4.78, 5) is 23.1. The Morgan fingerprint density at radius 3 is 2.33 bits per heavy atom. The molecule has 0 aliphatic heterocycles. The number of carbonyl (C=O) groups is 2. The number of ketones is 2. The topological polar surface area (TPSA) is 34.1 Å². The van der Waals surface area contributed by atoms with E-state index in [2.05, 4.69) is 0 Å². The summed E-state index contributed by atoms with van der Waals surface area (Å²) in [5, 5.41) is 0. The lowest BCUT2D eigenvalue weighted by atomic mass is 9.95. The van der Waals surface area contributed by atoms with Gasteiger partial charge in [0.05, 0.1) is 0 Å². The predicted molar refractivity (Wildman–Crippen MR) is 60.0 cm³/mol. The fourth-order valence-corrected chi connectivity index (χ4v) is 1.38. The van der Waals surface area contributed by atoms with Gasteiger partial charge in [-0.05, 0) is 24.6 Å². The van der Waals surface area contributed by atoms with Gasteiger partial charge < -0.3 is 0 Å². The second-order valence-electron chi connectivity index (χ2n) is 4.07. The molecular formula is C13H13F3O2. The Labute approximate surface area is 103 Å². The first-order chi connectivity index (χ1) is 8.38. The fraction of sp³-hybridized carbons (Fsp3) is 0.385. The quantitative estimate of drug-likeness (QED) is 0.600. The van der Waals surface area contributed by atoms with E-state index in [1.54, 1.807) is 6.92 Å². The minimum atomic E-state index is -2.33. The van der Waals surface area contributed by atoms with Crippen molar-refractivity contribution in [3.05, 3.63) is 35.4 Å². The first kappa shape index (κ1) is 14.4. The number of halogens is 3. The summed E-state index contributed by atoms with van der Waals surface area (Å²) in [7, 11) is 0. The molecule has 0 bridgehead atoms. The maximum atomic E-state index is 13.6. The zero-order chi connectivity index (χ0) is 13.9. The van der Waals surface area contributed by atoms with Crippen molar-refractivity contribution in [1.82, 2.24) is 0 Å². The van der Waals surface area contributed by atoms with Gasteiger partial charge in [-0.1, -0.05) is 13.8 Å². The maximum Gasteiger partial charge on any atom is 0.221 e. The molecule has 0 saturated carbocycles. The van der Waals surface area contributed by atoms with E-state index in [9.17, 15) is 22.8 Å². The molecule has 0 aliphatic rings. The van der Waals surface area contributed by atoms with Gasteiger partial charge >= 0.3 is 0 Å². The molecule has 1 aromatic carbocycles. The van der Waals surface area contributed by atoms with Crippen LogP contribution in [0.4, 0.5) is 13.2 Å². The molecule has 98 valence electrons. The van der Waals surface area contributed by atoms with Gasteiger partial charge in [0.25, 0.3) is 0 Å². The Hall–Kier alpha value is -1.65. The van der Waals surface area contributed by atoms with Crippen molar-refractivity contribution in [3.63, 3.8) is 0 Å². The van der Waals surface area contributed by atoms with Gasteiger partial charge in [-0.25, -0.2) is 13.2 Å². The molecule has 0 heterocycles. The van der Waals surface area contributed by atoms with Crippen LogP contribution in [0.2, 0.25) is 0 Å². The van der Waals surface area contributed by atoms with Gasteiger partial charge in [-0.3, -0.25) is 9.59 Å². The number of carbonyl (C=O) groups excluding carboxylic acids is 2. The maximum absolute atomic E-state index is 13.6. The summed E-state index contributed by atoms with van der Waals surface area (Å²) in [6, 6.07) is 2.27. The van der Waals surface area contributed by atoms with Crippen LogP contribution in [0.1, 0.15) is 30.6 Å². The highest BCUT2D eigenvalue weighted by atomic mass is 19.2. The van der Waals surface area contributed by atoms with E-state index in [0.29, 0.717) is 12.5 Å². The summed E-state index contributed by atoms with van der Waals surface area (Å²) >= 11 is 0. The Bertz CT molecular complexity index is 471. The molecule has 0 saturated heterocycles. The van der Waals surface area contributed by atoms with Crippen molar-refractivity contribution in [2.45, 2.75) is 26.4 Å². The lowest BCUT2D eigenvalue weighted by Crippen LogP contribution is -2.30. The van der Waals surface area contributed by atoms with E-state index in [0.717, 1.165) is 12.1 Å². The second-order valence-corrected chi connectivity index (χ2v) is 4.07. The van der Waals surface area contributed by atoms with Gasteiger partial charge in [0.1, 0.15) is 0 Å². The van der Waals surface area contributed by atoms with Crippen LogP contribution in [0.5, 0.6) is 0 Å². The highest BCUT2D eigenvalue weighted by Gasteiger charge is 2.30. The van der Waals surface area contributed by atoms with Gasteiger partial charge in [0.15, 0.2) is 17.4 Å². The Morgan fingerprint density at radius 1 is 1.22 bits per heavy atom. The monoisotopic (exact) mass is 258 g/mol. The van der Waals surface area contributed by atoms with E-state index in [4.69, 9.17) is 0 Å². The molecule has 5 heteroatoms. The van der Waals surface area contributed by atoms with Crippen molar-refractivity contribution in [2.75, 3.05) is 0 Å². The zero-order valence-electron chi connectivity index (χ0n) is 10.0. The number of rotatable bonds is 5. The molecular weight excluding hydrogens is 245 g/mol. The van der Waals surface area contributed by atoms with Gasteiger partial charge in [0.2, 0.25) is 12.0 Å². The van der Waals surface area contributed by atoms with Crippen LogP contribution < -0.4 is 0 Å². The van der Waals surface area contributed by atoms with E-state index in [-0.39, 0.29) is 5.56 Å². The largest absolute Gasteiger partial charge is 0.296 e. The first-order valence-corrected chi connectivity index (χ1v) is 5.55. The van der Waals surface area contributed by atoms with Crippen LogP contribution in [0.3, 0.4) is 0 Å². The van der Waals surface area contributed by atoms with Crippen molar-refractivity contribution in [1.29, 1.82) is 0 Å². The molecule has 1 rings (SSSR count). The first-order valence-electron chi connectivity index (χ1n) is 5.55. The van der Waals surface area contributed by atoms with Gasteiger partial charge in [-0.15, -0.1) is 0 Å². The van der Waals surface area contributed by atoms with E-state index >= 15 is 0 Å².